The van der Waals surface area contributed by atoms with Crippen LogP contribution in [-0.4, -0.2) is 35.7 Å². The highest BCUT2D eigenvalue weighted by Gasteiger charge is 2.31. The van der Waals surface area contributed by atoms with Gasteiger partial charge in [0.1, 0.15) is 0 Å². The molecule has 1 aliphatic heterocycles. The fourth-order valence-corrected chi connectivity index (χ4v) is 4.25. The third kappa shape index (κ3) is 3.36. The SMILES string of the molecule is CCc1c(CNC(C)C)cnn1C1CCS(=O)(=O)C1. The molecule has 2 rings (SSSR count). The van der Waals surface area contributed by atoms with Crippen LogP contribution in [-0.2, 0) is 22.8 Å². The quantitative estimate of drug-likeness (QED) is 0.886. The van der Waals surface area contributed by atoms with Crippen LogP contribution in [0, 0.1) is 0 Å². The number of hydrogen-bond acceptors (Lipinski definition) is 4. The minimum atomic E-state index is -2.86. The zero-order chi connectivity index (χ0) is 14.0. The van der Waals surface area contributed by atoms with E-state index in [1.165, 1.54) is 5.56 Å². The van der Waals surface area contributed by atoms with E-state index in [4.69, 9.17) is 0 Å². The lowest BCUT2D eigenvalue weighted by atomic mass is 10.1. The van der Waals surface area contributed by atoms with Gasteiger partial charge >= 0.3 is 0 Å². The number of nitrogens with zero attached hydrogens (tertiary/aromatic N) is 2. The van der Waals surface area contributed by atoms with Gasteiger partial charge in [0, 0.05) is 23.8 Å². The Balaban J connectivity index is 2.18. The third-order valence-electron chi connectivity index (χ3n) is 3.58. The van der Waals surface area contributed by atoms with Gasteiger partial charge in [0.2, 0.25) is 0 Å². The Morgan fingerprint density at radius 1 is 1.53 bits per heavy atom. The van der Waals surface area contributed by atoms with Crippen molar-refractivity contribution in [2.24, 2.45) is 0 Å². The van der Waals surface area contributed by atoms with Gasteiger partial charge in [0.25, 0.3) is 0 Å². The maximum atomic E-state index is 11.6. The van der Waals surface area contributed by atoms with Gasteiger partial charge in [-0.25, -0.2) is 8.42 Å². The summed E-state index contributed by atoms with van der Waals surface area (Å²) >= 11 is 0. The van der Waals surface area contributed by atoms with Crippen molar-refractivity contribution in [3.8, 4) is 0 Å². The minimum Gasteiger partial charge on any atom is -0.310 e. The average Bonchev–Trinajstić information content (AvgIpc) is 2.88. The van der Waals surface area contributed by atoms with E-state index < -0.39 is 9.84 Å². The summed E-state index contributed by atoms with van der Waals surface area (Å²) in [6.45, 7) is 7.11. The second-order valence-corrected chi connectivity index (χ2v) is 7.74. The van der Waals surface area contributed by atoms with Gasteiger partial charge in [-0.15, -0.1) is 0 Å². The molecule has 19 heavy (non-hydrogen) atoms. The first kappa shape index (κ1) is 14.5. The molecule has 108 valence electrons. The standard InChI is InChI=1S/C13H23N3O2S/c1-4-13-11(7-14-10(2)3)8-15-16(13)12-5-6-19(17,18)9-12/h8,10,12,14H,4-7,9H2,1-3H3. The van der Waals surface area contributed by atoms with Crippen LogP contribution in [0.2, 0.25) is 0 Å². The van der Waals surface area contributed by atoms with Crippen molar-refractivity contribution in [3.05, 3.63) is 17.5 Å². The van der Waals surface area contributed by atoms with Crippen LogP contribution in [0.1, 0.15) is 44.5 Å². The van der Waals surface area contributed by atoms with E-state index in [9.17, 15) is 8.42 Å². The summed E-state index contributed by atoms with van der Waals surface area (Å²) in [5.41, 5.74) is 2.34. The van der Waals surface area contributed by atoms with Crippen LogP contribution >= 0.6 is 0 Å². The second kappa shape index (κ2) is 5.63. The van der Waals surface area contributed by atoms with E-state index in [0.29, 0.717) is 18.2 Å². The van der Waals surface area contributed by atoms with Gasteiger partial charge in [-0.05, 0) is 12.8 Å². The Labute approximate surface area is 115 Å². The molecule has 1 saturated heterocycles. The molecule has 1 fully saturated rings. The Morgan fingerprint density at radius 3 is 2.79 bits per heavy atom. The van der Waals surface area contributed by atoms with E-state index >= 15 is 0 Å². The number of rotatable bonds is 5. The lowest BCUT2D eigenvalue weighted by Crippen LogP contribution is -2.22. The molecule has 1 aromatic rings. The molecular formula is C13H23N3O2S. The summed E-state index contributed by atoms with van der Waals surface area (Å²) in [6.07, 6.45) is 3.44. The van der Waals surface area contributed by atoms with Gasteiger partial charge in [-0.1, -0.05) is 20.8 Å². The normalized spacial score (nSPS) is 22.2. The molecule has 5 nitrogen and oxygen atoms in total. The van der Waals surface area contributed by atoms with Crippen LogP contribution in [0.4, 0.5) is 0 Å². The van der Waals surface area contributed by atoms with Crippen molar-refractivity contribution >= 4 is 9.84 Å². The molecule has 1 aliphatic rings. The first-order valence-corrected chi connectivity index (χ1v) is 8.74. The highest BCUT2D eigenvalue weighted by Crippen LogP contribution is 2.26. The Hall–Kier alpha value is -0.880. The van der Waals surface area contributed by atoms with Crippen molar-refractivity contribution in [1.82, 2.24) is 15.1 Å². The maximum Gasteiger partial charge on any atom is 0.152 e. The Kier molecular flexibility index (Phi) is 4.30. The van der Waals surface area contributed by atoms with Gasteiger partial charge < -0.3 is 5.32 Å². The molecular weight excluding hydrogens is 262 g/mol. The summed E-state index contributed by atoms with van der Waals surface area (Å²) in [7, 11) is -2.86. The van der Waals surface area contributed by atoms with Gasteiger partial charge in [-0.2, -0.15) is 5.10 Å². The molecule has 1 atom stereocenters. The van der Waals surface area contributed by atoms with E-state index in [-0.39, 0.29) is 11.8 Å². The van der Waals surface area contributed by atoms with Crippen LogP contribution < -0.4 is 5.32 Å². The molecule has 1 N–H and O–H groups in total. The smallest absolute Gasteiger partial charge is 0.152 e. The summed E-state index contributed by atoms with van der Waals surface area (Å²) in [5.74, 6) is 0.527. The van der Waals surface area contributed by atoms with Crippen LogP contribution in [0.15, 0.2) is 6.20 Å². The lowest BCUT2D eigenvalue weighted by Gasteiger charge is -2.14. The summed E-state index contributed by atoms with van der Waals surface area (Å²) < 4.78 is 25.1. The molecule has 0 bridgehead atoms. The molecule has 6 heteroatoms. The van der Waals surface area contributed by atoms with Gasteiger partial charge in [0.05, 0.1) is 23.7 Å². The van der Waals surface area contributed by atoms with Gasteiger partial charge in [-0.3, -0.25) is 4.68 Å². The van der Waals surface area contributed by atoms with Crippen LogP contribution in [0.3, 0.4) is 0 Å². The summed E-state index contributed by atoms with van der Waals surface area (Å²) in [4.78, 5) is 0. The monoisotopic (exact) mass is 285 g/mol. The van der Waals surface area contributed by atoms with E-state index in [1.807, 2.05) is 10.9 Å². The minimum absolute atomic E-state index is 0.0211. The summed E-state index contributed by atoms with van der Waals surface area (Å²) in [6, 6.07) is 0.452. The van der Waals surface area contributed by atoms with Crippen molar-refractivity contribution < 1.29 is 8.42 Å². The van der Waals surface area contributed by atoms with Crippen molar-refractivity contribution in [2.75, 3.05) is 11.5 Å². The first-order chi connectivity index (χ1) is 8.93. The highest BCUT2D eigenvalue weighted by atomic mass is 32.2. The summed E-state index contributed by atoms with van der Waals surface area (Å²) in [5, 5.41) is 7.81. The zero-order valence-corrected chi connectivity index (χ0v) is 12.7. The van der Waals surface area contributed by atoms with Crippen LogP contribution in [0.5, 0.6) is 0 Å². The Morgan fingerprint density at radius 2 is 2.26 bits per heavy atom. The number of sulfone groups is 1. The van der Waals surface area contributed by atoms with E-state index in [0.717, 1.165) is 18.7 Å². The van der Waals surface area contributed by atoms with E-state index in [2.05, 4.69) is 31.2 Å². The molecule has 2 heterocycles. The van der Waals surface area contributed by atoms with Crippen LogP contribution in [0.25, 0.3) is 0 Å². The predicted octanol–water partition coefficient (Wildman–Crippen LogP) is 1.30. The molecule has 1 unspecified atom stereocenters. The average molecular weight is 285 g/mol. The highest BCUT2D eigenvalue weighted by molar-refractivity contribution is 7.91. The number of aromatic nitrogens is 2. The fraction of sp³-hybridized carbons (Fsp3) is 0.769. The lowest BCUT2D eigenvalue weighted by molar-refractivity contribution is 0.480. The van der Waals surface area contributed by atoms with Crippen molar-refractivity contribution in [3.63, 3.8) is 0 Å². The molecule has 0 spiro atoms. The maximum absolute atomic E-state index is 11.6. The number of hydrogen-bond donors (Lipinski definition) is 1. The molecule has 0 aromatic carbocycles. The molecule has 0 radical (unpaired) electrons. The molecule has 0 saturated carbocycles. The zero-order valence-electron chi connectivity index (χ0n) is 11.9. The topological polar surface area (TPSA) is 64.0 Å². The predicted molar refractivity (Wildman–Crippen MR) is 75.9 cm³/mol. The number of nitrogens with one attached hydrogen (secondary N) is 1. The Bertz CT molecular complexity index is 534. The second-order valence-electron chi connectivity index (χ2n) is 5.51. The van der Waals surface area contributed by atoms with E-state index in [1.54, 1.807) is 0 Å². The first-order valence-electron chi connectivity index (χ1n) is 6.92. The third-order valence-corrected chi connectivity index (χ3v) is 5.33. The van der Waals surface area contributed by atoms with Crippen molar-refractivity contribution in [2.45, 2.75) is 52.2 Å². The fourth-order valence-electron chi connectivity index (χ4n) is 2.56. The molecule has 1 aromatic heterocycles. The largest absolute Gasteiger partial charge is 0.310 e. The van der Waals surface area contributed by atoms with Gasteiger partial charge in [0.15, 0.2) is 9.84 Å². The van der Waals surface area contributed by atoms with Crippen molar-refractivity contribution in [1.29, 1.82) is 0 Å². The molecule has 0 amide bonds. The molecule has 0 aliphatic carbocycles.